The van der Waals surface area contributed by atoms with Gasteiger partial charge in [-0.15, -0.1) is 0 Å². The summed E-state index contributed by atoms with van der Waals surface area (Å²) in [7, 11) is 0. The van der Waals surface area contributed by atoms with Crippen LogP contribution in [0.2, 0.25) is 0 Å². The van der Waals surface area contributed by atoms with Gasteiger partial charge in [-0.25, -0.2) is 4.98 Å². The molecule has 1 saturated carbocycles. The molecule has 6 heteroatoms. The first-order chi connectivity index (χ1) is 14.8. The topological polar surface area (TPSA) is 64.4 Å². The van der Waals surface area contributed by atoms with Crippen LogP contribution >= 0.6 is 11.8 Å². The second kappa shape index (κ2) is 10.6. The summed E-state index contributed by atoms with van der Waals surface area (Å²) >= 11 is 1.50. The molecule has 2 aromatic carbocycles. The summed E-state index contributed by atoms with van der Waals surface area (Å²) in [5.74, 6) is 0.586. The minimum Gasteiger partial charge on any atom is -0.431 e. The Morgan fingerprint density at radius 2 is 1.90 bits per heavy atom. The van der Waals surface area contributed by atoms with E-state index in [2.05, 4.69) is 10.3 Å². The molecule has 0 atom stereocenters. The highest BCUT2D eigenvalue weighted by Crippen LogP contribution is 2.27. The van der Waals surface area contributed by atoms with Gasteiger partial charge >= 0.3 is 0 Å². The molecule has 0 saturated heterocycles. The molecule has 1 aliphatic carbocycles. The summed E-state index contributed by atoms with van der Waals surface area (Å²) in [6.45, 7) is 1.33. The third-order valence-corrected chi connectivity index (χ3v) is 6.28. The number of hydrogen-bond donors (Lipinski definition) is 1. The average molecular weight is 425 g/mol. The predicted octanol–water partition coefficient (Wildman–Crippen LogP) is 5.59. The lowest BCUT2D eigenvalue weighted by atomic mass is 9.98. The third-order valence-electron chi connectivity index (χ3n) is 5.40. The van der Waals surface area contributed by atoms with Crippen molar-refractivity contribution in [3.05, 3.63) is 59.7 Å². The normalized spacial score (nSPS) is 14.8. The van der Waals surface area contributed by atoms with E-state index in [1.807, 2.05) is 48.5 Å². The fourth-order valence-electron chi connectivity index (χ4n) is 3.77. The maximum atomic E-state index is 12.7. The lowest BCUT2D eigenvalue weighted by Gasteiger charge is -2.21. The van der Waals surface area contributed by atoms with E-state index in [1.54, 1.807) is 0 Å². The van der Waals surface area contributed by atoms with Crippen LogP contribution in [0.25, 0.3) is 11.1 Å². The summed E-state index contributed by atoms with van der Waals surface area (Å²) < 4.78 is 11.7. The van der Waals surface area contributed by atoms with Crippen LogP contribution < -0.4 is 5.32 Å². The Hall–Kier alpha value is -2.31. The smallest absolute Gasteiger partial charge is 0.257 e. The van der Waals surface area contributed by atoms with Gasteiger partial charge in [0.2, 0.25) is 0 Å². The Labute approximate surface area is 181 Å². The molecule has 5 nitrogen and oxygen atoms in total. The number of hydrogen-bond acceptors (Lipinski definition) is 5. The van der Waals surface area contributed by atoms with Crippen LogP contribution in [0, 0.1) is 0 Å². The lowest BCUT2D eigenvalue weighted by Crippen LogP contribution is -2.27. The van der Waals surface area contributed by atoms with E-state index in [0.717, 1.165) is 23.1 Å². The molecule has 1 amide bonds. The summed E-state index contributed by atoms with van der Waals surface area (Å²) in [5.41, 5.74) is 3.30. The molecule has 0 aliphatic heterocycles. The van der Waals surface area contributed by atoms with Crippen LogP contribution in [0.15, 0.2) is 58.2 Å². The number of para-hydroxylation sites is 2. The molecule has 1 N–H and O–H groups in total. The molecule has 0 unspecified atom stereocenters. The van der Waals surface area contributed by atoms with Crippen molar-refractivity contribution in [1.82, 2.24) is 10.3 Å². The molecular weight excluding hydrogens is 396 g/mol. The van der Waals surface area contributed by atoms with E-state index in [9.17, 15) is 4.79 Å². The Morgan fingerprint density at radius 3 is 2.77 bits per heavy atom. The molecule has 1 aliphatic rings. The van der Waals surface area contributed by atoms with Gasteiger partial charge in [-0.05, 0) is 43.0 Å². The largest absolute Gasteiger partial charge is 0.431 e. The molecule has 158 valence electrons. The summed E-state index contributed by atoms with van der Waals surface area (Å²) in [4.78, 5) is 17.2. The molecule has 30 heavy (non-hydrogen) atoms. The number of nitrogens with one attached hydrogen (secondary N) is 1. The number of carbonyl (C=O) groups is 1. The van der Waals surface area contributed by atoms with Crippen molar-refractivity contribution in [2.24, 2.45) is 0 Å². The zero-order chi connectivity index (χ0) is 20.6. The molecule has 1 fully saturated rings. The monoisotopic (exact) mass is 424 g/mol. The number of ether oxygens (including phenoxy) is 1. The van der Waals surface area contributed by atoms with Gasteiger partial charge in [-0.3, -0.25) is 4.79 Å². The SMILES string of the molecule is O=C(NCCCOC1CCCCC1)c1ccccc1CSc1nc2ccccc2o1. The van der Waals surface area contributed by atoms with Crippen molar-refractivity contribution >= 4 is 28.8 Å². The van der Waals surface area contributed by atoms with Crippen molar-refractivity contribution in [3.8, 4) is 0 Å². The van der Waals surface area contributed by atoms with Crippen LogP contribution in [0.3, 0.4) is 0 Å². The molecule has 0 radical (unpaired) electrons. The molecule has 3 aromatic rings. The number of amides is 1. The number of aromatic nitrogens is 1. The molecule has 4 rings (SSSR count). The van der Waals surface area contributed by atoms with Gasteiger partial charge in [0, 0.05) is 24.5 Å². The van der Waals surface area contributed by atoms with Gasteiger partial charge in [0.05, 0.1) is 6.10 Å². The highest BCUT2D eigenvalue weighted by molar-refractivity contribution is 7.98. The van der Waals surface area contributed by atoms with Gasteiger partial charge in [0.1, 0.15) is 5.52 Å². The van der Waals surface area contributed by atoms with E-state index in [0.29, 0.717) is 35.8 Å². The van der Waals surface area contributed by atoms with Crippen LogP contribution in [0.4, 0.5) is 0 Å². The number of fused-ring (bicyclic) bond motifs is 1. The van der Waals surface area contributed by atoms with Crippen molar-refractivity contribution in [2.45, 2.75) is 55.6 Å². The molecule has 1 aromatic heterocycles. The second-order valence-electron chi connectivity index (χ2n) is 7.63. The van der Waals surface area contributed by atoms with Gasteiger partial charge in [-0.1, -0.05) is 61.4 Å². The number of rotatable bonds is 9. The fourth-order valence-corrected chi connectivity index (χ4v) is 4.61. The highest BCUT2D eigenvalue weighted by atomic mass is 32.2. The number of oxazole rings is 1. The maximum absolute atomic E-state index is 12.7. The Balaban J connectivity index is 1.26. The summed E-state index contributed by atoms with van der Waals surface area (Å²) in [6.07, 6.45) is 7.50. The van der Waals surface area contributed by atoms with Crippen molar-refractivity contribution < 1.29 is 13.9 Å². The van der Waals surface area contributed by atoms with Crippen molar-refractivity contribution in [1.29, 1.82) is 0 Å². The first kappa shape index (κ1) is 20.9. The molecule has 1 heterocycles. The molecular formula is C24H28N2O3S. The lowest BCUT2D eigenvalue weighted by molar-refractivity contribution is 0.0273. The molecule has 0 bridgehead atoms. The number of thioether (sulfide) groups is 1. The Morgan fingerprint density at radius 1 is 1.10 bits per heavy atom. The quantitative estimate of drug-likeness (QED) is 0.358. The van der Waals surface area contributed by atoms with Crippen LogP contribution in [-0.4, -0.2) is 30.1 Å². The second-order valence-corrected chi connectivity index (χ2v) is 8.56. The van der Waals surface area contributed by atoms with Crippen molar-refractivity contribution in [2.75, 3.05) is 13.2 Å². The number of carbonyl (C=O) groups excluding carboxylic acids is 1. The van der Waals surface area contributed by atoms with Gasteiger partial charge in [-0.2, -0.15) is 0 Å². The zero-order valence-electron chi connectivity index (χ0n) is 17.1. The van der Waals surface area contributed by atoms with Gasteiger partial charge in [0.25, 0.3) is 11.1 Å². The third kappa shape index (κ3) is 5.64. The molecule has 0 spiro atoms. The van der Waals surface area contributed by atoms with E-state index in [4.69, 9.17) is 9.15 Å². The Bertz CT molecular complexity index is 933. The van der Waals surface area contributed by atoms with Gasteiger partial charge < -0.3 is 14.5 Å². The summed E-state index contributed by atoms with van der Waals surface area (Å²) in [5, 5.41) is 3.65. The summed E-state index contributed by atoms with van der Waals surface area (Å²) in [6, 6.07) is 15.4. The number of nitrogens with zero attached hydrogens (tertiary/aromatic N) is 1. The average Bonchev–Trinajstić information content (AvgIpc) is 3.21. The van der Waals surface area contributed by atoms with Crippen LogP contribution in [-0.2, 0) is 10.5 Å². The van der Waals surface area contributed by atoms with E-state index >= 15 is 0 Å². The van der Waals surface area contributed by atoms with Crippen LogP contribution in [0.1, 0.15) is 54.4 Å². The fraction of sp³-hybridized carbons (Fsp3) is 0.417. The first-order valence-corrected chi connectivity index (χ1v) is 11.7. The maximum Gasteiger partial charge on any atom is 0.257 e. The number of benzene rings is 2. The standard InChI is InChI=1S/C24H28N2O3S/c27-23(25-15-8-16-28-19-10-2-1-3-11-19)20-12-5-4-9-18(20)17-30-24-26-21-13-6-7-14-22(21)29-24/h4-7,9,12-14,19H,1-3,8,10-11,15-17H2,(H,25,27). The minimum absolute atomic E-state index is 0.0403. The van der Waals surface area contributed by atoms with Gasteiger partial charge in [0.15, 0.2) is 5.58 Å². The van der Waals surface area contributed by atoms with E-state index in [1.165, 1.54) is 43.9 Å². The van der Waals surface area contributed by atoms with Crippen molar-refractivity contribution in [3.63, 3.8) is 0 Å². The highest BCUT2D eigenvalue weighted by Gasteiger charge is 2.14. The predicted molar refractivity (Wildman–Crippen MR) is 120 cm³/mol. The van der Waals surface area contributed by atoms with Crippen LogP contribution in [0.5, 0.6) is 0 Å². The Kier molecular flexibility index (Phi) is 7.43. The minimum atomic E-state index is -0.0403. The first-order valence-electron chi connectivity index (χ1n) is 10.8. The zero-order valence-corrected chi connectivity index (χ0v) is 18.0. The van der Waals surface area contributed by atoms with E-state index < -0.39 is 0 Å². The van der Waals surface area contributed by atoms with E-state index in [-0.39, 0.29) is 5.91 Å².